The first kappa shape index (κ1) is 9.09. The quantitative estimate of drug-likeness (QED) is 0.759. The molecule has 0 saturated carbocycles. The summed E-state index contributed by atoms with van der Waals surface area (Å²) in [6.45, 7) is 1.87. The van der Waals surface area contributed by atoms with Crippen molar-refractivity contribution in [1.82, 2.24) is 4.98 Å². The van der Waals surface area contributed by atoms with Crippen LogP contribution in [0.5, 0.6) is 0 Å². The van der Waals surface area contributed by atoms with E-state index in [-0.39, 0.29) is 5.56 Å². The molecule has 14 heavy (non-hydrogen) atoms. The average Bonchev–Trinajstić information content (AvgIpc) is 2.42. The SMILES string of the molecule is Cc1cc2c(C(=O)O)cc(Cl)cc2[nH]1. The van der Waals surface area contributed by atoms with Gasteiger partial charge in [0.1, 0.15) is 0 Å². The zero-order valence-electron chi connectivity index (χ0n) is 7.47. The number of fused-ring (bicyclic) bond motifs is 1. The molecule has 0 aliphatic heterocycles. The maximum Gasteiger partial charge on any atom is 0.336 e. The maximum absolute atomic E-state index is 10.9. The normalized spacial score (nSPS) is 10.7. The minimum atomic E-state index is -0.962. The molecule has 0 aliphatic carbocycles. The number of aromatic nitrogens is 1. The Morgan fingerprint density at radius 3 is 2.79 bits per heavy atom. The van der Waals surface area contributed by atoms with E-state index in [0.29, 0.717) is 10.4 Å². The Labute approximate surface area is 85.3 Å². The predicted octanol–water partition coefficient (Wildman–Crippen LogP) is 2.83. The van der Waals surface area contributed by atoms with Gasteiger partial charge in [0, 0.05) is 21.6 Å². The van der Waals surface area contributed by atoms with Crippen LogP contribution in [0.4, 0.5) is 0 Å². The van der Waals surface area contributed by atoms with Gasteiger partial charge in [0.25, 0.3) is 0 Å². The fourth-order valence-electron chi connectivity index (χ4n) is 1.52. The lowest BCUT2D eigenvalue weighted by molar-refractivity contribution is 0.0699. The minimum absolute atomic E-state index is 0.233. The zero-order valence-corrected chi connectivity index (χ0v) is 8.22. The second-order valence-electron chi connectivity index (χ2n) is 3.17. The van der Waals surface area contributed by atoms with Crippen molar-refractivity contribution in [3.05, 3.63) is 34.5 Å². The van der Waals surface area contributed by atoms with Crippen LogP contribution in [0.3, 0.4) is 0 Å². The molecule has 2 rings (SSSR count). The molecule has 0 atom stereocenters. The first-order chi connectivity index (χ1) is 6.58. The molecular formula is C10H8ClNO2. The lowest BCUT2D eigenvalue weighted by Gasteiger charge is -1.97. The second-order valence-corrected chi connectivity index (χ2v) is 3.61. The van der Waals surface area contributed by atoms with Crippen molar-refractivity contribution in [2.75, 3.05) is 0 Å². The first-order valence-electron chi connectivity index (χ1n) is 4.10. The predicted molar refractivity (Wildman–Crippen MR) is 55.0 cm³/mol. The van der Waals surface area contributed by atoms with Crippen molar-refractivity contribution in [2.45, 2.75) is 6.92 Å². The molecule has 0 saturated heterocycles. The van der Waals surface area contributed by atoms with E-state index < -0.39 is 5.97 Å². The van der Waals surface area contributed by atoms with E-state index in [4.69, 9.17) is 16.7 Å². The summed E-state index contributed by atoms with van der Waals surface area (Å²) in [5, 5.41) is 10.1. The third-order valence-electron chi connectivity index (χ3n) is 2.07. The molecule has 1 heterocycles. The molecule has 0 fully saturated rings. The van der Waals surface area contributed by atoms with Gasteiger partial charge in [0.2, 0.25) is 0 Å². The van der Waals surface area contributed by atoms with Crippen LogP contribution in [0.25, 0.3) is 10.9 Å². The Bertz CT molecular complexity index is 516. The molecule has 1 aromatic heterocycles. The van der Waals surface area contributed by atoms with Gasteiger partial charge in [-0.15, -0.1) is 0 Å². The van der Waals surface area contributed by atoms with Crippen LogP contribution < -0.4 is 0 Å². The Balaban J connectivity index is 2.85. The zero-order chi connectivity index (χ0) is 10.3. The smallest absolute Gasteiger partial charge is 0.336 e. The maximum atomic E-state index is 10.9. The molecule has 1 aromatic carbocycles. The van der Waals surface area contributed by atoms with Crippen molar-refractivity contribution < 1.29 is 9.90 Å². The lowest BCUT2D eigenvalue weighted by Crippen LogP contribution is -1.96. The number of carboxylic acid groups (broad SMARTS) is 1. The van der Waals surface area contributed by atoms with Crippen LogP contribution in [0, 0.1) is 6.92 Å². The van der Waals surface area contributed by atoms with Crippen LogP contribution in [0.1, 0.15) is 16.1 Å². The number of H-pyrrole nitrogens is 1. The molecule has 2 N–H and O–H groups in total. The van der Waals surface area contributed by atoms with Crippen molar-refractivity contribution >= 4 is 28.5 Å². The van der Waals surface area contributed by atoms with Gasteiger partial charge in [-0.1, -0.05) is 11.6 Å². The molecule has 0 unspecified atom stereocenters. The highest BCUT2D eigenvalue weighted by atomic mass is 35.5. The van der Waals surface area contributed by atoms with E-state index in [2.05, 4.69) is 4.98 Å². The van der Waals surface area contributed by atoms with Crippen LogP contribution in [0.15, 0.2) is 18.2 Å². The molecule has 0 aliphatic rings. The Morgan fingerprint density at radius 2 is 2.14 bits per heavy atom. The third kappa shape index (κ3) is 1.36. The molecular weight excluding hydrogens is 202 g/mol. The van der Waals surface area contributed by atoms with Gasteiger partial charge in [-0.05, 0) is 25.1 Å². The molecule has 2 aromatic rings. The number of carboxylic acids is 1. The van der Waals surface area contributed by atoms with E-state index in [0.717, 1.165) is 11.2 Å². The van der Waals surface area contributed by atoms with E-state index in [1.165, 1.54) is 6.07 Å². The summed E-state index contributed by atoms with van der Waals surface area (Å²) in [7, 11) is 0. The Hall–Kier alpha value is -1.48. The molecule has 0 spiro atoms. The van der Waals surface area contributed by atoms with E-state index in [1.807, 2.05) is 6.92 Å². The van der Waals surface area contributed by atoms with Crippen LogP contribution in [-0.4, -0.2) is 16.1 Å². The van der Waals surface area contributed by atoms with Gasteiger partial charge in [-0.3, -0.25) is 0 Å². The number of carbonyl (C=O) groups is 1. The number of aromatic carboxylic acids is 1. The van der Waals surface area contributed by atoms with Crippen LogP contribution in [0.2, 0.25) is 5.02 Å². The van der Waals surface area contributed by atoms with E-state index in [9.17, 15) is 4.79 Å². The van der Waals surface area contributed by atoms with Gasteiger partial charge >= 0.3 is 5.97 Å². The monoisotopic (exact) mass is 209 g/mol. The third-order valence-corrected chi connectivity index (χ3v) is 2.29. The van der Waals surface area contributed by atoms with E-state index >= 15 is 0 Å². The van der Waals surface area contributed by atoms with Crippen LogP contribution in [-0.2, 0) is 0 Å². The second kappa shape index (κ2) is 3.03. The van der Waals surface area contributed by atoms with Gasteiger partial charge in [-0.25, -0.2) is 4.79 Å². The van der Waals surface area contributed by atoms with Gasteiger partial charge in [-0.2, -0.15) is 0 Å². The number of halogens is 1. The fraction of sp³-hybridized carbons (Fsp3) is 0.100. The number of benzene rings is 1. The summed E-state index contributed by atoms with van der Waals surface area (Å²) in [6, 6.07) is 4.98. The summed E-state index contributed by atoms with van der Waals surface area (Å²) in [5.41, 5.74) is 1.91. The number of hydrogen-bond acceptors (Lipinski definition) is 1. The summed E-state index contributed by atoms with van der Waals surface area (Å²) in [5.74, 6) is -0.962. The molecule has 0 radical (unpaired) electrons. The average molecular weight is 210 g/mol. The van der Waals surface area contributed by atoms with Crippen molar-refractivity contribution in [3.63, 3.8) is 0 Å². The lowest BCUT2D eigenvalue weighted by atomic mass is 10.1. The summed E-state index contributed by atoms with van der Waals surface area (Å²) in [4.78, 5) is 14.0. The molecule has 4 heteroatoms. The van der Waals surface area contributed by atoms with Gasteiger partial charge < -0.3 is 10.1 Å². The topological polar surface area (TPSA) is 53.1 Å². The summed E-state index contributed by atoms with van der Waals surface area (Å²) >= 11 is 5.79. The number of hydrogen-bond donors (Lipinski definition) is 2. The highest BCUT2D eigenvalue weighted by molar-refractivity contribution is 6.32. The molecule has 3 nitrogen and oxygen atoms in total. The highest BCUT2D eigenvalue weighted by Crippen LogP contribution is 2.24. The minimum Gasteiger partial charge on any atom is -0.478 e. The Kier molecular flexibility index (Phi) is 1.97. The summed E-state index contributed by atoms with van der Waals surface area (Å²) < 4.78 is 0. The standard InChI is InChI=1S/C10H8ClNO2/c1-5-2-7-8(10(13)14)3-6(11)4-9(7)12-5/h2-4,12H,1H3,(H,13,14). The fourth-order valence-corrected chi connectivity index (χ4v) is 1.74. The molecule has 0 amide bonds. The molecule has 0 bridgehead atoms. The summed E-state index contributed by atoms with van der Waals surface area (Å²) in [6.07, 6.45) is 0. The van der Waals surface area contributed by atoms with Crippen molar-refractivity contribution in [2.24, 2.45) is 0 Å². The van der Waals surface area contributed by atoms with Crippen molar-refractivity contribution in [3.8, 4) is 0 Å². The number of nitrogens with one attached hydrogen (secondary N) is 1. The van der Waals surface area contributed by atoms with Gasteiger partial charge in [0.05, 0.1) is 5.56 Å². The van der Waals surface area contributed by atoms with Gasteiger partial charge in [0.15, 0.2) is 0 Å². The van der Waals surface area contributed by atoms with E-state index in [1.54, 1.807) is 12.1 Å². The highest BCUT2D eigenvalue weighted by Gasteiger charge is 2.11. The number of aromatic amines is 1. The number of rotatable bonds is 1. The molecule has 72 valence electrons. The largest absolute Gasteiger partial charge is 0.478 e. The van der Waals surface area contributed by atoms with Crippen molar-refractivity contribution in [1.29, 1.82) is 0 Å². The van der Waals surface area contributed by atoms with Crippen LogP contribution >= 0.6 is 11.6 Å². The Morgan fingerprint density at radius 1 is 1.43 bits per heavy atom. The number of aryl methyl sites for hydroxylation is 1. The first-order valence-corrected chi connectivity index (χ1v) is 4.48.